The van der Waals surface area contributed by atoms with Gasteiger partial charge in [-0.2, -0.15) is 0 Å². The van der Waals surface area contributed by atoms with Crippen molar-refractivity contribution in [3.05, 3.63) is 59.9 Å². The average molecular weight is 244 g/mol. The van der Waals surface area contributed by atoms with Crippen molar-refractivity contribution in [2.45, 2.75) is 6.42 Å². The number of carbonyl (C=O) groups excluding carboxylic acids is 1. The Bertz CT molecular complexity index is 485. The SMILES string of the molecule is Nc1ccc(CC(=O)Nc2ccc(F)cc2)cc1. The van der Waals surface area contributed by atoms with Gasteiger partial charge < -0.3 is 11.1 Å². The lowest BCUT2D eigenvalue weighted by Gasteiger charge is -2.05. The maximum atomic E-state index is 12.7. The Balaban J connectivity index is 1.96. The van der Waals surface area contributed by atoms with E-state index in [-0.39, 0.29) is 18.1 Å². The smallest absolute Gasteiger partial charge is 0.228 e. The van der Waals surface area contributed by atoms with Gasteiger partial charge in [0, 0.05) is 11.4 Å². The van der Waals surface area contributed by atoms with E-state index in [1.54, 1.807) is 24.3 Å². The fourth-order valence-electron chi connectivity index (χ4n) is 1.56. The van der Waals surface area contributed by atoms with Crippen molar-refractivity contribution in [1.82, 2.24) is 0 Å². The van der Waals surface area contributed by atoms with E-state index in [2.05, 4.69) is 5.32 Å². The summed E-state index contributed by atoms with van der Waals surface area (Å²) in [6, 6.07) is 12.8. The van der Waals surface area contributed by atoms with Gasteiger partial charge in [-0.15, -0.1) is 0 Å². The van der Waals surface area contributed by atoms with E-state index in [4.69, 9.17) is 5.73 Å². The molecule has 0 fully saturated rings. The summed E-state index contributed by atoms with van der Waals surface area (Å²) in [7, 11) is 0. The monoisotopic (exact) mass is 244 g/mol. The maximum Gasteiger partial charge on any atom is 0.228 e. The third kappa shape index (κ3) is 3.31. The first-order chi connectivity index (χ1) is 8.63. The van der Waals surface area contributed by atoms with Crippen molar-refractivity contribution in [3.8, 4) is 0 Å². The average Bonchev–Trinajstić information content (AvgIpc) is 2.35. The van der Waals surface area contributed by atoms with Crippen molar-refractivity contribution in [2.24, 2.45) is 0 Å². The molecule has 0 radical (unpaired) electrons. The van der Waals surface area contributed by atoms with Crippen LogP contribution in [0.15, 0.2) is 48.5 Å². The molecule has 0 heterocycles. The molecule has 0 spiro atoms. The quantitative estimate of drug-likeness (QED) is 0.815. The fourth-order valence-corrected chi connectivity index (χ4v) is 1.56. The number of anilines is 2. The number of rotatable bonds is 3. The Labute approximate surface area is 104 Å². The van der Waals surface area contributed by atoms with Crippen LogP contribution in [0.5, 0.6) is 0 Å². The van der Waals surface area contributed by atoms with E-state index in [1.165, 1.54) is 24.3 Å². The van der Waals surface area contributed by atoms with Gasteiger partial charge in [-0.1, -0.05) is 12.1 Å². The van der Waals surface area contributed by atoms with E-state index in [0.717, 1.165) is 5.56 Å². The molecule has 0 aromatic heterocycles. The van der Waals surface area contributed by atoms with E-state index >= 15 is 0 Å². The summed E-state index contributed by atoms with van der Waals surface area (Å²) < 4.78 is 12.7. The highest BCUT2D eigenvalue weighted by molar-refractivity contribution is 5.92. The molecular weight excluding hydrogens is 231 g/mol. The van der Waals surface area contributed by atoms with Crippen LogP contribution in [0.2, 0.25) is 0 Å². The van der Waals surface area contributed by atoms with Crippen molar-refractivity contribution in [3.63, 3.8) is 0 Å². The molecule has 0 bridgehead atoms. The van der Waals surface area contributed by atoms with Crippen LogP contribution in [0.3, 0.4) is 0 Å². The number of hydrogen-bond acceptors (Lipinski definition) is 2. The highest BCUT2D eigenvalue weighted by Crippen LogP contribution is 2.10. The highest BCUT2D eigenvalue weighted by atomic mass is 19.1. The number of halogens is 1. The van der Waals surface area contributed by atoms with Crippen LogP contribution >= 0.6 is 0 Å². The molecule has 0 aliphatic heterocycles. The minimum atomic E-state index is -0.327. The normalized spacial score (nSPS) is 10.1. The van der Waals surface area contributed by atoms with Crippen LogP contribution in [-0.4, -0.2) is 5.91 Å². The second-order valence-electron chi connectivity index (χ2n) is 3.97. The second kappa shape index (κ2) is 5.31. The molecule has 2 rings (SSSR count). The first-order valence-corrected chi connectivity index (χ1v) is 5.53. The highest BCUT2D eigenvalue weighted by Gasteiger charge is 2.04. The van der Waals surface area contributed by atoms with Crippen LogP contribution in [0.4, 0.5) is 15.8 Å². The zero-order valence-electron chi connectivity index (χ0n) is 9.69. The van der Waals surface area contributed by atoms with Gasteiger partial charge in [-0.3, -0.25) is 4.79 Å². The number of nitrogens with one attached hydrogen (secondary N) is 1. The molecular formula is C14H13FN2O. The molecule has 0 atom stereocenters. The Morgan fingerprint density at radius 1 is 1.06 bits per heavy atom. The van der Waals surface area contributed by atoms with Gasteiger partial charge >= 0.3 is 0 Å². The van der Waals surface area contributed by atoms with Crippen LogP contribution in [0.1, 0.15) is 5.56 Å². The lowest BCUT2D eigenvalue weighted by Crippen LogP contribution is -2.14. The van der Waals surface area contributed by atoms with Gasteiger partial charge in [0.15, 0.2) is 0 Å². The number of carbonyl (C=O) groups is 1. The third-order valence-corrected chi connectivity index (χ3v) is 2.47. The molecule has 0 saturated heterocycles. The first kappa shape index (κ1) is 12.1. The third-order valence-electron chi connectivity index (χ3n) is 2.47. The number of hydrogen-bond donors (Lipinski definition) is 2. The van der Waals surface area contributed by atoms with Crippen LogP contribution in [0.25, 0.3) is 0 Å². The molecule has 4 heteroatoms. The van der Waals surface area contributed by atoms with E-state index in [1.807, 2.05) is 0 Å². The van der Waals surface area contributed by atoms with Gasteiger partial charge in [-0.05, 0) is 42.0 Å². The summed E-state index contributed by atoms with van der Waals surface area (Å²) in [5.74, 6) is -0.474. The van der Waals surface area contributed by atoms with Crippen LogP contribution < -0.4 is 11.1 Å². The number of amides is 1. The maximum absolute atomic E-state index is 12.7. The summed E-state index contributed by atoms with van der Waals surface area (Å²) in [5, 5.41) is 2.70. The zero-order valence-corrected chi connectivity index (χ0v) is 9.69. The largest absolute Gasteiger partial charge is 0.399 e. The predicted octanol–water partition coefficient (Wildman–Crippen LogP) is 2.59. The van der Waals surface area contributed by atoms with Crippen molar-refractivity contribution in [2.75, 3.05) is 11.1 Å². The Morgan fingerprint density at radius 3 is 2.28 bits per heavy atom. The Hall–Kier alpha value is -2.36. The standard InChI is InChI=1S/C14H13FN2O/c15-11-3-7-13(8-4-11)17-14(18)9-10-1-5-12(16)6-2-10/h1-8H,9,16H2,(H,17,18). The molecule has 0 unspecified atom stereocenters. The summed E-state index contributed by atoms with van der Waals surface area (Å²) in [6.45, 7) is 0. The summed E-state index contributed by atoms with van der Waals surface area (Å²) in [5.41, 5.74) is 7.68. The van der Waals surface area contributed by atoms with Gasteiger partial charge in [-0.25, -0.2) is 4.39 Å². The van der Waals surface area contributed by atoms with E-state index < -0.39 is 0 Å². The topological polar surface area (TPSA) is 55.1 Å². The molecule has 18 heavy (non-hydrogen) atoms. The summed E-state index contributed by atoms with van der Waals surface area (Å²) in [4.78, 5) is 11.7. The van der Waals surface area contributed by atoms with Gasteiger partial charge in [0.05, 0.1) is 6.42 Å². The van der Waals surface area contributed by atoms with E-state index in [9.17, 15) is 9.18 Å². The van der Waals surface area contributed by atoms with Gasteiger partial charge in [0.2, 0.25) is 5.91 Å². The summed E-state index contributed by atoms with van der Waals surface area (Å²) in [6.07, 6.45) is 0.262. The summed E-state index contributed by atoms with van der Waals surface area (Å²) >= 11 is 0. The lowest BCUT2D eigenvalue weighted by atomic mass is 10.1. The number of benzene rings is 2. The van der Waals surface area contributed by atoms with Gasteiger partial charge in [0.1, 0.15) is 5.82 Å². The molecule has 3 nitrogen and oxygen atoms in total. The van der Waals surface area contributed by atoms with E-state index in [0.29, 0.717) is 11.4 Å². The molecule has 1 amide bonds. The Morgan fingerprint density at radius 2 is 1.67 bits per heavy atom. The molecule has 0 saturated carbocycles. The van der Waals surface area contributed by atoms with Crippen molar-refractivity contribution >= 4 is 17.3 Å². The minimum Gasteiger partial charge on any atom is -0.399 e. The van der Waals surface area contributed by atoms with Crippen molar-refractivity contribution < 1.29 is 9.18 Å². The predicted molar refractivity (Wildman–Crippen MR) is 69.6 cm³/mol. The molecule has 92 valence electrons. The zero-order chi connectivity index (χ0) is 13.0. The second-order valence-corrected chi connectivity index (χ2v) is 3.97. The van der Waals surface area contributed by atoms with Crippen molar-refractivity contribution in [1.29, 1.82) is 0 Å². The number of nitrogens with two attached hydrogens (primary N) is 1. The first-order valence-electron chi connectivity index (χ1n) is 5.53. The molecule has 0 aliphatic rings. The van der Waals surface area contributed by atoms with Crippen LogP contribution in [-0.2, 0) is 11.2 Å². The fraction of sp³-hybridized carbons (Fsp3) is 0.0714. The molecule has 3 N–H and O–H groups in total. The Kier molecular flexibility index (Phi) is 3.57. The minimum absolute atomic E-state index is 0.147. The molecule has 2 aromatic rings. The molecule has 0 aliphatic carbocycles. The molecule has 2 aromatic carbocycles. The number of nitrogen functional groups attached to an aromatic ring is 1. The lowest BCUT2D eigenvalue weighted by molar-refractivity contribution is -0.115. The van der Waals surface area contributed by atoms with Crippen LogP contribution in [0, 0.1) is 5.82 Å². The van der Waals surface area contributed by atoms with Gasteiger partial charge in [0.25, 0.3) is 0 Å².